The number of aliphatic hydroxyl groups is 1. The lowest BCUT2D eigenvalue weighted by molar-refractivity contribution is 0.0322. The second-order valence-corrected chi connectivity index (χ2v) is 7.01. The Hall–Kier alpha value is -2.73. The summed E-state index contributed by atoms with van der Waals surface area (Å²) in [6, 6.07) is 13.9. The van der Waals surface area contributed by atoms with Crippen LogP contribution in [-0.4, -0.2) is 31.6 Å². The van der Waals surface area contributed by atoms with E-state index in [1.54, 1.807) is 4.68 Å². The van der Waals surface area contributed by atoms with Gasteiger partial charge in [0, 0.05) is 12.2 Å². The van der Waals surface area contributed by atoms with Crippen molar-refractivity contribution in [3.8, 4) is 5.82 Å². The Balaban J connectivity index is 1.50. The molecule has 0 bridgehead atoms. The summed E-state index contributed by atoms with van der Waals surface area (Å²) in [5.41, 5.74) is 3.35. The van der Waals surface area contributed by atoms with Crippen LogP contribution >= 0.6 is 0 Å². The minimum Gasteiger partial charge on any atom is -0.383 e. The van der Waals surface area contributed by atoms with Crippen molar-refractivity contribution in [2.75, 3.05) is 11.9 Å². The van der Waals surface area contributed by atoms with Crippen LogP contribution in [0, 0.1) is 13.8 Å². The molecule has 26 heavy (non-hydrogen) atoms. The molecule has 3 aromatic rings. The van der Waals surface area contributed by atoms with Crippen molar-refractivity contribution in [1.29, 1.82) is 0 Å². The fourth-order valence-electron chi connectivity index (χ4n) is 3.71. The number of nitrogens with one attached hydrogen (secondary N) is 1. The molecule has 4 rings (SSSR count). The van der Waals surface area contributed by atoms with Crippen molar-refractivity contribution >= 4 is 5.82 Å². The standard InChI is InChI=1S/C20H23N5O/c1-14-12-15(2)25(24-14)19-10-9-18(22-23-19)21-13-20(26)11-5-7-16-6-3-4-8-17(16)20/h3-4,6,8-10,12,26H,5,7,11,13H2,1-2H3,(H,21,22)/t20-/m0/s1. The summed E-state index contributed by atoms with van der Waals surface area (Å²) < 4.78 is 1.77. The molecule has 0 amide bonds. The van der Waals surface area contributed by atoms with Crippen molar-refractivity contribution in [2.45, 2.75) is 38.7 Å². The Morgan fingerprint density at radius 1 is 1.15 bits per heavy atom. The Morgan fingerprint density at radius 2 is 2.00 bits per heavy atom. The van der Waals surface area contributed by atoms with E-state index in [4.69, 9.17) is 0 Å². The number of hydrogen-bond acceptors (Lipinski definition) is 5. The molecular weight excluding hydrogens is 326 g/mol. The van der Waals surface area contributed by atoms with Crippen molar-refractivity contribution in [3.63, 3.8) is 0 Å². The van der Waals surface area contributed by atoms with Gasteiger partial charge in [-0.25, -0.2) is 4.68 Å². The number of aryl methyl sites for hydroxylation is 3. The molecule has 1 aliphatic carbocycles. The molecule has 2 aromatic heterocycles. The van der Waals surface area contributed by atoms with E-state index in [1.165, 1.54) is 5.56 Å². The monoisotopic (exact) mass is 349 g/mol. The van der Waals surface area contributed by atoms with Crippen molar-refractivity contribution in [3.05, 3.63) is 65.0 Å². The molecule has 134 valence electrons. The highest BCUT2D eigenvalue weighted by Crippen LogP contribution is 2.35. The highest BCUT2D eigenvalue weighted by atomic mass is 16.3. The fraction of sp³-hybridized carbons (Fsp3) is 0.350. The number of fused-ring (bicyclic) bond motifs is 1. The maximum absolute atomic E-state index is 11.1. The van der Waals surface area contributed by atoms with Gasteiger partial charge in [0.25, 0.3) is 0 Å². The summed E-state index contributed by atoms with van der Waals surface area (Å²) in [5.74, 6) is 1.33. The normalized spacial score (nSPS) is 19.2. The van der Waals surface area contributed by atoms with Crippen LogP contribution in [0.5, 0.6) is 0 Å². The minimum atomic E-state index is -0.870. The topological polar surface area (TPSA) is 75.9 Å². The van der Waals surface area contributed by atoms with Gasteiger partial charge in [-0.1, -0.05) is 24.3 Å². The first-order valence-electron chi connectivity index (χ1n) is 8.97. The molecule has 2 N–H and O–H groups in total. The van der Waals surface area contributed by atoms with Crippen LogP contribution in [0.2, 0.25) is 0 Å². The predicted molar refractivity (Wildman–Crippen MR) is 100 cm³/mol. The van der Waals surface area contributed by atoms with Gasteiger partial charge in [0.1, 0.15) is 11.4 Å². The molecule has 1 atom stereocenters. The van der Waals surface area contributed by atoms with Crippen LogP contribution in [0.1, 0.15) is 35.4 Å². The van der Waals surface area contributed by atoms with Crippen LogP contribution in [0.3, 0.4) is 0 Å². The number of benzene rings is 1. The van der Waals surface area contributed by atoms with Gasteiger partial charge in [-0.2, -0.15) is 5.10 Å². The summed E-state index contributed by atoms with van der Waals surface area (Å²) in [6.45, 7) is 4.36. The van der Waals surface area contributed by atoms with Gasteiger partial charge < -0.3 is 10.4 Å². The van der Waals surface area contributed by atoms with E-state index < -0.39 is 5.60 Å². The van der Waals surface area contributed by atoms with E-state index in [0.717, 1.165) is 36.2 Å². The largest absolute Gasteiger partial charge is 0.383 e. The Kier molecular flexibility index (Phi) is 4.20. The van der Waals surface area contributed by atoms with Gasteiger partial charge >= 0.3 is 0 Å². The Labute approximate surface area is 152 Å². The Bertz CT molecular complexity index is 918. The summed E-state index contributed by atoms with van der Waals surface area (Å²) in [6.07, 6.45) is 2.75. The number of anilines is 1. The second-order valence-electron chi connectivity index (χ2n) is 7.01. The number of rotatable bonds is 4. The first kappa shape index (κ1) is 16.7. The maximum atomic E-state index is 11.1. The highest BCUT2D eigenvalue weighted by Gasteiger charge is 2.33. The molecule has 0 saturated carbocycles. The zero-order chi connectivity index (χ0) is 18.1. The third kappa shape index (κ3) is 3.08. The second kappa shape index (κ2) is 6.53. The van der Waals surface area contributed by atoms with Gasteiger partial charge in [-0.05, 0) is 62.4 Å². The third-order valence-electron chi connectivity index (χ3n) is 4.99. The van der Waals surface area contributed by atoms with E-state index in [9.17, 15) is 5.11 Å². The summed E-state index contributed by atoms with van der Waals surface area (Å²) in [5, 5.41) is 27.3. The molecule has 6 nitrogen and oxygen atoms in total. The molecule has 1 aliphatic rings. The zero-order valence-corrected chi connectivity index (χ0v) is 15.1. The molecule has 2 heterocycles. The summed E-state index contributed by atoms with van der Waals surface area (Å²) >= 11 is 0. The smallest absolute Gasteiger partial charge is 0.176 e. The molecule has 0 aliphatic heterocycles. The van der Waals surface area contributed by atoms with Gasteiger partial charge in [0.05, 0.1) is 5.69 Å². The van der Waals surface area contributed by atoms with E-state index in [2.05, 4.69) is 26.7 Å². The average Bonchev–Trinajstić information content (AvgIpc) is 2.99. The molecule has 6 heteroatoms. The first-order valence-corrected chi connectivity index (χ1v) is 8.97. The van der Waals surface area contributed by atoms with E-state index in [1.807, 2.05) is 50.2 Å². The lowest BCUT2D eigenvalue weighted by atomic mass is 9.79. The molecule has 0 saturated heterocycles. The molecule has 0 radical (unpaired) electrons. The lowest BCUT2D eigenvalue weighted by Gasteiger charge is -2.34. The summed E-state index contributed by atoms with van der Waals surface area (Å²) in [7, 11) is 0. The summed E-state index contributed by atoms with van der Waals surface area (Å²) in [4.78, 5) is 0. The van der Waals surface area contributed by atoms with Crippen molar-refractivity contribution < 1.29 is 5.11 Å². The molecular formula is C20H23N5O. The molecule has 0 fully saturated rings. The highest BCUT2D eigenvalue weighted by molar-refractivity contribution is 5.40. The van der Waals surface area contributed by atoms with Gasteiger partial charge in [0.2, 0.25) is 0 Å². The van der Waals surface area contributed by atoms with E-state index >= 15 is 0 Å². The van der Waals surface area contributed by atoms with Gasteiger partial charge in [-0.3, -0.25) is 0 Å². The molecule has 0 unspecified atom stereocenters. The third-order valence-corrected chi connectivity index (χ3v) is 4.99. The van der Waals surface area contributed by atoms with Crippen LogP contribution < -0.4 is 5.32 Å². The maximum Gasteiger partial charge on any atom is 0.176 e. The van der Waals surface area contributed by atoms with Gasteiger partial charge in [-0.15, -0.1) is 10.2 Å². The molecule has 0 spiro atoms. The number of aromatic nitrogens is 4. The number of hydrogen-bond donors (Lipinski definition) is 2. The SMILES string of the molecule is Cc1cc(C)n(-c2ccc(NC[C@@]3(O)CCCc4ccccc43)nn2)n1. The van der Waals surface area contributed by atoms with Crippen molar-refractivity contribution in [1.82, 2.24) is 20.0 Å². The minimum absolute atomic E-state index is 0.415. The van der Waals surface area contributed by atoms with Crippen molar-refractivity contribution in [2.24, 2.45) is 0 Å². The lowest BCUT2D eigenvalue weighted by Crippen LogP contribution is -2.37. The fourth-order valence-corrected chi connectivity index (χ4v) is 3.71. The molecule has 1 aromatic carbocycles. The van der Waals surface area contributed by atoms with Crippen LogP contribution in [0.25, 0.3) is 5.82 Å². The quantitative estimate of drug-likeness (QED) is 0.757. The Morgan fingerprint density at radius 3 is 2.73 bits per heavy atom. The van der Waals surface area contributed by atoms with Crippen LogP contribution in [-0.2, 0) is 12.0 Å². The van der Waals surface area contributed by atoms with Gasteiger partial charge in [0.15, 0.2) is 5.82 Å². The van der Waals surface area contributed by atoms with E-state index in [0.29, 0.717) is 18.2 Å². The van der Waals surface area contributed by atoms with Crippen LogP contribution in [0.4, 0.5) is 5.82 Å². The van der Waals surface area contributed by atoms with E-state index in [-0.39, 0.29) is 0 Å². The predicted octanol–water partition coefficient (Wildman–Crippen LogP) is 2.92. The average molecular weight is 349 g/mol. The van der Waals surface area contributed by atoms with Crippen LogP contribution in [0.15, 0.2) is 42.5 Å². The zero-order valence-electron chi connectivity index (χ0n) is 15.1. The first-order chi connectivity index (χ1) is 12.5. The number of nitrogens with zero attached hydrogens (tertiary/aromatic N) is 4.